The number of nitrogens with one attached hydrogen (secondary N) is 1. The first kappa shape index (κ1) is 15.8. The van der Waals surface area contributed by atoms with Crippen LogP contribution in [0, 0.1) is 0 Å². The number of hydrogen-bond donors (Lipinski definition) is 2. The molecule has 1 aromatic rings. The molecule has 1 heterocycles. The van der Waals surface area contributed by atoms with Gasteiger partial charge in [-0.2, -0.15) is 0 Å². The van der Waals surface area contributed by atoms with Crippen LogP contribution in [0.2, 0.25) is 5.15 Å². The van der Waals surface area contributed by atoms with Gasteiger partial charge in [-0.05, 0) is 6.42 Å². The molecule has 9 heteroatoms. The molecule has 0 bridgehead atoms. The Balaban J connectivity index is 2.68. The zero-order valence-corrected chi connectivity index (χ0v) is 11.3. The molecule has 8 nitrogen and oxygen atoms in total. The predicted molar refractivity (Wildman–Crippen MR) is 67.2 cm³/mol. The standard InChI is InChI=1S/C11H12ClN3O5/c1-20-9(16)3-2-6(11(18)19)15-10(17)7-4-13-5-8(12)14-7/h4-6H,2-3H2,1H3,(H,15,17)(H,18,19)/t6-/m0/s1. The fourth-order valence-electron chi connectivity index (χ4n) is 1.31. The molecule has 1 atom stereocenters. The second-order valence-corrected chi connectivity index (χ2v) is 4.09. The lowest BCUT2D eigenvalue weighted by molar-refractivity contribution is -0.142. The van der Waals surface area contributed by atoms with Crippen molar-refractivity contribution in [1.29, 1.82) is 0 Å². The van der Waals surface area contributed by atoms with Gasteiger partial charge in [0.15, 0.2) is 0 Å². The monoisotopic (exact) mass is 301 g/mol. The van der Waals surface area contributed by atoms with Crippen molar-refractivity contribution < 1.29 is 24.2 Å². The third-order valence-corrected chi connectivity index (χ3v) is 2.49. The van der Waals surface area contributed by atoms with Gasteiger partial charge < -0.3 is 15.2 Å². The summed E-state index contributed by atoms with van der Waals surface area (Å²) in [5, 5.41) is 11.2. The molecule has 1 aromatic heterocycles. The molecule has 108 valence electrons. The molecular weight excluding hydrogens is 290 g/mol. The first-order valence-corrected chi connectivity index (χ1v) is 5.90. The molecule has 2 N–H and O–H groups in total. The molecule has 0 saturated carbocycles. The Labute approximate surface area is 119 Å². The Morgan fingerprint density at radius 2 is 2.15 bits per heavy atom. The summed E-state index contributed by atoms with van der Waals surface area (Å²) >= 11 is 5.58. The molecule has 1 amide bonds. The van der Waals surface area contributed by atoms with E-state index in [1.807, 2.05) is 0 Å². The number of carbonyl (C=O) groups is 3. The summed E-state index contributed by atoms with van der Waals surface area (Å²) in [7, 11) is 1.19. The summed E-state index contributed by atoms with van der Waals surface area (Å²) in [4.78, 5) is 41.1. The quantitative estimate of drug-likeness (QED) is 0.724. The number of rotatable bonds is 6. The highest BCUT2D eigenvalue weighted by Crippen LogP contribution is 2.05. The maximum atomic E-state index is 11.8. The number of ether oxygens (including phenoxy) is 1. The topological polar surface area (TPSA) is 118 Å². The van der Waals surface area contributed by atoms with Gasteiger partial charge >= 0.3 is 11.9 Å². The third kappa shape index (κ3) is 4.81. The van der Waals surface area contributed by atoms with Crippen LogP contribution in [0.1, 0.15) is 23.3 Å². The van der Waals surface area contributed by atoms with Crippen LogP contribution >= 0.6 is 11.6 Å². The summed E-state index contributed by atoms with van der Waals surface area (Å²) in [6, 6.07) is -1.23. The largest absolute Gasteiger partial charge is 0.480 e. The lowest BCUT2D eigenvalue weighted by atomic mass is 10.1. The number of aromatic nitrogens is 2. The van der Waals surface area contributed by atoms with Crippen molar-refractivity contribution in [1.82, 2.24) is 15.3 Å². The number of carboxylic acids is 1. The fraction of sp³-hybridized carbons (Fsp3) is 0.364. The molecule has 1 rings (SSSR count). The van der Waals surface area contributed by atoms with E-state index in [4.69, 9.17) is 16.7 Å². The maximum absolute atomic E-state index is 11.8. The van der Waals surface area contributed by atoms with Crippen molar-refractivity contribution >= 4 is 29.4 Å². The molecule has 0 saturated heterocycles. The Bertz CT molecular complexity index is 523. The van der Waals surface area contributed by atoms with Crippen LogP contribution in [-0.2, 0) is 14.3 Å². The molecule has 0 aromatic carbocycles. The van der Waals surface area contributed by atoms with Crippen LogP contribution in [0.4, 0.5) is 0 Å². The number of aliphatic carboxylic acids is 1. The SMILES string of the molecule is COC(=O)CC[C@H](NC(=O)c1cncc(Cl)n1)C(=O)O. The van der Waals surface area contributed by atoms with Gasteiger partial charge in [0.1, 0.15) is 16.9 Å². The maximum Gasteiger partial charge on any atom is 0.326 e. The Kier molecular flexibility index (Phi) is 5.85. The number of halogens is 1. The van der Waals surface area contributed by atoms with E-state index in [-0.39, 0.29) is 23.7 Å². The van der Waals surface area contributed by atoms with Gasteiger partial charge in [-0.1, -0.05) is 11.6 Å². The van der Waals surface area contributed by atoms with Crippen LogP contribution in [0.3, 0.4) is 0 Å². The smallest absolute Gasteiger partial charge is 0.326 e. The fourth-order valence-corrected chi connectivity index (χ4v) is 1.45. The Morgan fingerprint density at radius 1 is 1.45 bits per heavy atom. The average molecular weight is 302 g/mol. The van der Waals surface area contributed by atoms with Gasteiger partial charge in [0, 0.05) is 6.42 Å². The minimum atomic E-state index is -1.27. The minimum absolute atomic E-state index is 0.0130. The van der Waals surface area contributed by atoms with Crippen LogP contribution < -0.4 is 5.32 Å². The van der Waals surface area contributed by atoms with E-state index in [0.29, 0.717) is 0 Å². The Hall–Kier alpha value is -2.22. The zero-order valence-electron chi connectivity index (χ0n) is 10.5. The van der Waals surface area contributed by atoms with Crippen molar-refractivity contribution in [2.75, 3.05) is 7.11 Å². The lowest BCUT2D eigenvalue weighted by Gasteiger charge is -2.13. The van der Waals surface area contributed by atoms with Crippen molar-refractivity contribution in [2.45, 2.75) is 18.9 Å². The van der Waals surface area contributed by atoms with E-state index >= 15 is 0 Å². The number of carboxylic acid groups (broad SMARTS) is 1. The van der Waals surface area contributed by atoms with Crippen LogP contribution in [0.15, 0.2) is 12.4 Å². The zero-order chi connectivity index (χ0) is 15.1. The molecule has 0 radical (unpaired) electrons. The van der Waals surface area contributed by atoms with Crippen molar-refractivity contribution in [3.05, 3.63) is 23.2 Å². The highest BCUT2D eigenvalue weighted by molar-refractivity contribution is 6.29. The highest BCUT2D eigenvalue weighted by atomic mass is 35.5. The van der Waals surface area contributed by atoms with E-state index < -0.39 is 23.9 Å². The van der Waals surface area contributed by atoms with Gasteiger partial charge in [-0.25, -0.2) is 9.78 Å². The molecule has 0 aliphatic rings. The number of carbonyl (C=O) groups excluding carboxylic acids is 2. The van der Waals surface area contributed by atoms with Gasteiger partial charge in [-0.15, -0.1) is 0 Å². The van der Waals surface area contributed by atoms with Crippen molar-refractivity contribution in [3.8, 4) is 0 Å². The first-order valence-electron chi connectivity index (χ1n) is 5.52. The second-order valence-electron chi connectivity index (χ2n) is 3.71. The molecule has 0 aliphatic carbocycles. The minimum Gasteiger partial charge on any atom is -0.480 e. The van der Waals surface area contributed by atoms with Crippen LogP contribution in [0.25, 0.3) is 0 Å². The number of hydrogen-bond acceptors (Lipinski definition) is 6. The summed E-state index contributed by atoms with van der Waals surface area (Å²) in [6.45, 7) is 0. The van der Waals surface area contributed by atoms with Crippen molar-refractivity contribution in [3.63, 3.8) is 0 Å². The van der Waals surface area contributed by atoms with E-state index in [1.165, 1.54) is 13.3 Å². The summed E-state index contributed by atoms with van der Waals surface area (Å²) in [6.07, 6.45) is 2.17. The summed E-state index contributed by atoms with van der Waals surface area (Å²) < 4.78 is 4.40. The van der Waals surface area contributed by atoms with Gasteiger partial charge in [0.05, 0.1) is 19.5 Å². The predicted octanol–water partition coefficient (Wildman–Crippen LogP) is 0.266. The van der Waals surface area contributed by atoms with Crippen LogP contribution in [-0.4, -0.2) is 46.1 Å². The van der Waals surface area contributed by atoms with Crippen LogP contribution in [0.5, 0.6) is 0 Å². The molecule has 0 unspecified atom stereocenters. The number of amides is 1. The first-order chi connectivity index (χ1) is 9.43. The number of methoxy groups -OCH3 is 1. The normalized spacial score (nSPS) is 11.5. The second kappa shape index (κ2) is 7.39. The molecule has 20 heavy (non-hydrogen) atoms. The van der Waals surface area contributed by atoms with E-state index in [9.17, 15) is 14.4 Å². The molecule has 0 spiro atoms. The van der Waals surface area contributed by atoms with E-state index in [1.54, 1.807) is 0 Å². The van der Waals surface area contributed by atoms with Gasteiger partial charge in [0.25, 0.3) is 5.91 Å². The summed E-state index contributed by atoms with van der Waals surface area (Å²) in [5.41, 5.74) is -0.109. The highest BCUT2D eigenvalue weighted by Gasteiger charge is 2.22. The van der Waals surface area contributed by atoms with E-state index in [2.05, 4.69) is 20.0 Å². The van der Waals surface area contributed by atoms with Gasteiger partial charge in [0.2, 0.25) is 0 Å². The Morgan fingerprint density at radius 3 is 2.70 bits per heavy atom. The molecule has 0 fully saturated rings. The van der Waals surface area contributed by atoms with E-state index in [0.717, 1.165) is 6.20 Å². The van der Waals surface area contributed by atoms with Crippen molar-refractivity contribution in [2.24, 2.45) is 0 Å². The van der Waals surface area contributed by atoms with Gasteiger partial charge in [-0.3, -0.25) is 14.6 Å². The lowest BCUT2D eigenvalue weighted by Crippen LogP contribution is -2.41. The number of nitrogens with zero attached hydrogens (tertiary/aromatic N) is 2. The average Bonchev–Trinajstić information content (AvgIpc) is 2.42. The third-order valence-electron chi connectivity index (χ3n) is 2.31. The molecule has 0 aliphatic heterocycles. The number of esters is 1. The summed E-state index contributed by atoms with van der Waals surface area (Å²) in [5.74, 6) is -2.57. The molecular formula is C11H12ClN3O5.